The Kier molecular flexibility index (Phi) is 4.27. The van der Waals surface area contributed by atoms with Crippen molar-refractivity contribution in [3.63, 3.8) is 0 Å². The maximum Gasteiger partial charge on any atom is 0.159 e. The monoisotopic (exact) mass is 295 g/mol. The number of rotatable bonds is 4. The summed E-state index contributed by atoms with van der Waals surface area (Å²) in [5.41, 5.74) is 0.967. The van der Waals surface area contributed by atoms with Gasteiger partial charge in [0.2, 0.25) is 0 Å². The van der Waals surface area contributed by atoms with Gasteiger partial charge in [-0.1, -0.05) is 6.07 Å². The Bertz CT molecular complexity index is 502. The normalized spacial score (nSPS) is 25.6. The van der Waals surface area contributed by atoms with E-state index in [4.69, 9.17) is 4.74 Å². The van der Waals surface area contributed by atoms with E-state index in [0.29, 0.717) is 5.92 Å². The molecular formula is C17H23F2NO. The summed E-state index contributed by atoms with van der Waals surface area (Å²) in [6.07, 6.45) is 6.46. The summed E-state index contributed by atoms with van der Waals surface area (Å²) in [5.74, 6) is -0.999. The highest BCUT2D eigenvalue weighted by Gasteiger charge is 2.44. The molecule has 1 aliphatic carbocycles. The lowest BCUT2D eigenvalue weighted by Crippen LogP contribution is -2.50. The zero-order valence-electron chi connectivity index (χ0n) is 12.5. The number of hydrogen-bond acceptors (Lipinski definition) is 2. The summed E-state index contributed by atoms with van der Waals surface area (Å²) in [5, 5.41) is 3.37. The van der Waals surface area contributed by atoms with E-state index in [1.54, 1.807) is 6.07 Å². The van der Waals surface area contributed by atoms with Gasteiger partial charge in [-0.3, -0.25) is 0 Å². The maximum atomic E-state index is 13.3. The standard InChI is InChI=1S/C17H23F2NO/c1-20-16(10-12-3-4-14(18)15(19)9-12)13-5-8-21-17(11-13)6-2-7-17/h3-4,9,13,16,20H,2,5-8,10-11H2,1H3. The molecule has 1 N–H and O–H groups in total. The molecule has 1 aromatic carbocycles. The molecule has 2 atom stereocenters. The maximum absolute atomic E-state index is 13.3. The van der Waals surface area contributed by atoms with Crippen LogP contribution in [0.25, 0.3) is 0 Å². The van der Waals surface area contributed by atoms with Gasteiger partial charge in [0.1, 0.15) is 0 Å². The molecule has 0 aromatic heterocycles. The van der Waals surface area contributed by atoms with Gasteiger partial charge in [0.25, 0.3) is 0 Å². The summed E-state index contributed by atoms with van der Waals surface area (Å²) in [6, 6.07) is 4.50. The van der Waals surface area contributed by atoms with Crippen LogP contribution in [0.5, 0.6) is 0 Å². The molecule has 1 aliphatic heterocycles. The number of nitrogens with one attached hydrogen (secondary N) is 1. The molecule has 0 bridgehead atoms. The van der Waals surface area contributed by atoms with E-state index in [1.165, 1.54) is 31.4 Å². The lowest BCUT2D eigenvalue weighted by atomic mass is 9.70. The smallest absolute Gasteiger partial charge is 0.159 e. The molecular weight excluding hydrogens is 272 g/mol. The van der Waals surface area contributed by atoms with Crippen LogP contribution in [-0.4, -0.2) is 25.3 Å². The van der Waals surface area contributed by atoms with Gasteiger partial charge >= 0.3 is 0 Å². The third-order valence-corrected chi connectivity index (χ3v) is 5.18. The molecule has 2 nitrogen and oxygen atoms in total. The van der Waals surface area contributed by atoms with Gasteiger partial charge in [-0.2, -0.15) is 0 Å². The predicted molar refractivity (Wildman–Crippen MR) is 78.2 cm³/mol. The highest BCUT2D eigenvalue weighted by atomic mass is 19.2. The minimum atomic E-state index is -0.778. The first-order chi connectivity index (χ1) is 10.1. The minimum Gasteiger partial charge on any atom is -0.375 e. The van der Waals surface area contributed by atoms with Crippen LogP contribution in [-0.2, 0) is 11.2 Å². The Balaban J connectivity index is 1.68. The van der Waals surface area contributed by atoms with Gasteiger partial charge in [-0.05, 0) is 69.2 Å². The average Bonchev–Trinajstić information content (AvgIpc) is 2.47. The highest BCUT2D eigenvalue weighted by molar-refractivity contribution is 5.19. The molecule has 0 radical (unpaired) electrons. The van der Waals surface area contributed by atoms with Gasteiger partial charge in [0.05, 0.1) is 5.60 Å². The van der Waals surface area contributed by atoms with Crippen molar-refractivity contribution in [1.29, 1.82) is 0 Å². The lowest BCUT2D eigenvalue weighted by Gasteiger charge is -2.48. The van der Waals surface area contributed by atoms with Crippen LogP contribution in [0.1, 0.15) is 37.7 Å². The molecule has 1 saturated carbocycles. The number of hydrogen-bond donors (Lipinski definition) is 1. The summed E-state index contributed by atoms with van der Waals surface area (Å²) in [7, 11) is 1.95. The third kappa shape index (κ3) is 3.11. The molecule has 3 rings (SSSR count). The highest BCUT2D eigenvalue weighted by Crippen LogP contribution is 2.45. The topological polar surface area (TPSA) is 21.3 Å². The van der Waals surface area contributed by atoms with Crippen LogP contribution in [0.3, 0.4) is 0 Å². The number of likely N-dealkylation sites (N-methyl/N-ethyl adjacent to an activating group) is 1. The summed E-state index contributed by atoms with van der Waals surface area (Å²) in [4.78, 5) is 0. The second-order valence-corrected chi connectivity index (χ2v) is 6.49. The summed E-state index contributed by atoms with van der Waals surface area (Å²) >= 11 is 0. The van der Waals surface area contributed by atoms with E-state index in [0.717, 1.165) is 31.4 Å². The zero-order chi connectivity index (χ0) is 14.9. The molecule has 1 spiro atoms. The quantitative estimate of drug-likeness (QED) is 0.918. The summed E-state index contributed by atoms with van der Waals surface area (Å²) in [6.45, 7) is 0.820. The fraction of sp³-hybridized carbons (Fsp3) is 0.647. The van der Waals surface area contributed by atoms with E-state index in [9.17, 15) is 8.78 Å². The average molecular weight is 295 g/mol. The Hall–Kier alpha value is -1.00. The van der Waals surface area contributed by atoms with Crippen molar-refractivity contribution < 1.29 is 13.5 Å². The van der Waals surface area contributed by atoms with Gasteiger partial charge in [0, 0.05) is 12.6 Å². The number of benzene rings is 1. The SMILES string of the molecule is CNC(Cc1ccc(F)c(F)c1)C1CCOC2(CCC2)C1. The van der Waals surface area contributed by atoms with E-state index in [2.05, 4.69) is 5.32 Å². The van der Waals surface area contributed by atoms with E-state index < -0.39 is 11.6 Å². The second kappa shape index (κ2) is 6.01. The van der Waals surface area contributed by atoms with Crippen molar-refractivity contribution in [2.75, 3.05) is 13.7 Å². The molecule has 1 aromatic rings. The fourth-order valence-electron chi connectivity index (χ4n) is 3.75. The Morgan fingerprint density at radius 3 is 2.76 bits per heavy atom. The fourth-order valence-corrected chi connectivity index (χ4v) is 3.75. The summed E-state index contributed by atoms with van der Waals surface area (Å²) < 4.78 is 32.3. The first-order valence-electron chi connectivity index (χ1n) is 7.87. The van der Waals surface area contributed by atoms with Gasteiger partial charge in [-0.15, -0.1) is 0 Å². The van der Waals surface area contributed by atoms with Gasteiger partial charge in [0.15, 0.2) is 11.6 Å². The van der Waals surface area contributed by atoms with E-state index in [1.807, 2.05) is 7.05 Å². The van der Waals surface area contributed by atoms with Crippen LogP contribution in [0.4, 0.5) is 8.78 Å². The lowest BCUT2D eigenvalue weighted by molar-refractivity contribution is -0.146. The molecule has 21 heavy (non-hydrogen) atoms. The number of halogens is 2. The molecule has 2 aliphatic rings. The Labute approximate surface area is 124 Å². The van der Waals surface area contributed by atoms with E-state index >= 15 is 0 Å². The van der Waals surface area contributed by atoms with Crippen molar-refractivity contribution in [3.8, 4) is 0 Å². The third-order valence-electron chi connectivity index (χ3n) is 5.18. The second-order valence-electron chi connectivity index (χ2n) is 6.49. The molecule has 1 saturated heterocycles. The Morgan fingerprint density at radius 1 is 1.33 bits per heavy atom. The molecule has 2 unspecified atom stereocenters. The van der Waals surface area contributed by atoms with Crippen molar-refractivity contribution in [1.82, 2.24) is 5.32 Å². The molecule has 2 fully saturated rings. The largest absolute Gasteiger partial charge is 0.375 e. The van der Waals surface area contributed by atoms with Crippen LogP contribution < -0.4 is 5.32 Å². The van der Waals surface area contributed by atoms with Crippen molar-refractivity contribution in [2.24, 2.45) is 5.92 Å². The van der Waals surface area contributed by atoms with Gasteiger partial charge in [-0.25, -0.2) is 8.78 Å². The van der Waals surface area contributed by atoms with Crippen LogP contribution in [0.15, 0.2) is 18.2 Å². The molecule has 116 valence electrons. The minimum absolute atomic E-state index is 0.117. The Morgan fingerprint density at radius 2 is 2.14 bits per heavy atom. The van der Waals surface area contributed by atoms with Crippen LogP contribution >= 0.6 is 0 Å². The van der Waals surface area contributed by atoms with E-state index in [-0.39, 0.29) is 11.6 Å². The van der Waals surface area contributed by atoms with Crippen molar-refractivity contribution >= 4 is 0 Å². The molecule has 0 amide bonds. The zero-order valence-corrected chi connectivity index (χ0v) is 12.5. The first-order valence-corrected chi connectivity index (χ1v) is 7.87. The number of ether oxygens (including phenoxy) is 1. The van der Waals surface area contributed by atoms with Crippen molar-refractivity contribution in [2.45, 2.75) is 50.2 Å². The molecule has 1 heterocycles. The van der Waals surface area contributed by atoms with Gasteiger partial charge < -0.3 is 10.1 Å². The first kappa shape index (κ1) is 14.9. The predicted octanol–water partition coefficient (Wildman–Crippen LogP) is 3.44. The van der Waals surface area contributed by atoms with Crippen molar-refractivity contribution in [3.05, 3.63) is 35.4 Å². The molecule has 4 heteroatoms. The van der Waals surface area contributed by atoms with Crippen LogP contribution in [0.2, 0.25) is 0 Å². The van der Waals surface area contributed by atoms with Crippen LogP contribution in [0, 0.1) is 17.6 Å².